The van der Waals surface area contributed by atoms with E-state index in [4.69, 9.17) is 4.74 Å². The number of methoxy groups -OCH3 is 1. The van der Waals surface area contributed by atoms with Crippen molar-refractivity contribution in [2.24, 2.45) is 0 Å². The summed E-state index contributed by atoms with van der Waals surface area (Å²) in [5.41, 5.74) is -0.495. The highest BCUT2D eigenvalue weighted by Gasteiger charge is 2.39. The van der Waals surface area contributed by atoms with Crippen LogP contribution in [0.15, 0.2) is 24.5 Å². The van der Waals surface area contributed by atoms with Crippen molar-refractivity contribution in [2.45, 2.75) is 19.5 Å². The van der Waals surface area contributed by atoms with Gasteiger partial charge in [0.05, 0.1) is 7.11 Å². The standard InChI is InChI=1S/C14H15F3N4O/c1-3-6-19-12-10(14(15,16)17)13(22-2)21-11(20-12)9-5-4-7-18-8-9/h4-5,7-8H,3,6H2,1-2H3,(H,19,20,21). The fourth-order valence-corrected chi connectivity index (χ4v) is 1.84. The van der Waals surface area contributed by atoms with Crippen LogP contribution in [0.3, 0.4) is 0 Å². The van der Waals surface area contributed by atoms with Crippen molar-refractivity contribution in [3.63, 3.8) is 0 Å². The van der Waals surface area contributed by atoms with E-state index in [-0.39, 0.29) is 11.6 Å². The normalized spacial score (nSPS) is 11.3. The summed E-state index contributed by atoms with van der Waals surface area (Å²) < 4.78 is 44.6. The molecule has 2 rings (SSSR count). The van der Waals surface area contributed by atoms with Crippen molar-refractivity contribution in [2.75, 3.05) is 19.0 Å². The van der Waals surface area contributed by atoms with E-state index >= 15 is 0 Å². The van der Waals surface area contributed by atoms with Crippen LogP contribution >= 0.6 is 0 Å². The molecule has 2 aromatic heterocycles. The summed E-state index contributed by atoms with van der Waals surface area (Å²) in [6, 6.07) is 3.32. The highest BCUT2D eigenvalue weighted by atomic mass is 19.4. The molecule has 0 bridgehead atoms. The quantitative estimate of drug-likeness (QED) is 0.917. The molecule has 22 heavy (non-hydrogen) atoms. The molecule has 0 atom stereocenters. The van der Waals surface area contributed by atoms with E-state index in [0.717, 1.165) is 7.11 Å². The monoisotopic (exact) mass is 312 g/mol. The minimum Gasteiger partial charge on any atom is -0.480 e. The Balaban J connectivity index is 2.60. The average molecular weight is 312 g/mol. The van der Waals surface area contributed by atoms with Crippen LogP contribution in [0.1, 0.15) is 18.9 Å². The van der Waals surface area contributed by atoms with Crippen LogP contribution in [0.4, 0.5) is 19.0 Å². The number of pyridine rings is 1. The van der Waals surface area contributed by atoms with Gasteiger partial charge in [-0.1, -0.05) is 6.92 Å². The van der Waals surface area contributed by atoms with E-state index in [1.807, 2.05) is 6.92 Å². The molecule has 2 heterocycles. The fraction of sp³-hybridized carbons (Fsp3) is 0.357. The molecular weight excluding hydrogens is 297 g/mol. The molecule has 0 aliphatic rings. The second-order valence-electron chi connectivity index (χ2n) is 4.45. The third-order valence-electron chi connectivity index (χ3n) is 2.81. The van der Waals surface area contributed by atoms with Crippen LogP contribution in [0, 0.1) is 0 Å². The lowest BCUT2D eigenvalue weighted by molar-refractivity contribution is -0.138. The van der Waals surface area contributed by atoms with Gasteiger partial charge in [-0.25, -0.2) is 4.98 Å². The zero-order valence-electron chi connectivity index (χ0n) is 12.1. The van der Waals surface area contributed by atoms with Gasteiger partial charge in [-0.3, -0.25) is 4.98 Å². The van der Waals surface area contributed by atoms with Gasteiger partial charge in [-0.15, -0.1) is 0 Å². The maximum atomic E-state index is 13.2. The number of alkyl halides is 3. The van der Waals surface area contributed by atoms with Crippen LogP contribution < -0.4 is 10.1 Å². The molecule has 0 aromatic carbocycles. The van der Waals surface area contributed by atoms with Gasteiger partial charge in [0.15, 0.2) is 11.4 Å². The van der Waals surface area contributed by atoms with Gasteiger partial charge in [-0.05, 0) is 18.6 Å². The second kappa shape index (κ2) is 6.59. The van der Waals surface area contributed by atoms with Crippen molar-refractivity contribution in [1.82, 2.24) is 15.0 Å². The predicted molar refractivity (Wildman–Crippen MR) is 75.6 cm³/mol. The van der Waals surface area contributed by atoms with E-state index in [1.54, 1.807) is 18.3 Å². The smallest absolute Gasteiger partial charge is 0.425 e. The van der Waals surface area contributed by atoms with E-state index in [1.165, 1.54) is 6.20 Å². The highest BCUT2D eigenvalue weighted by molar-refractivity contribution is 5.61. The maximum Gasteiger partial charge on any atom is 0.425 e. The van der Waals surface area contributed by atoms with Gasteiger partial charge in [0.1, 0.15) is 5.82 Å². The molecule has 118 valence electrons. The molecule has 0 saturated heterocycles. The van der Waals surface area contributed by atoms with Crippen LogP contribution in [-0.2, 0) is 6.18 Å². The summed E-state index contributed by atoms with van der Waals surface area (Å²) in [6.45, 7) is 2.20. The number of hydrogen-bond acceptors (Lipinski definition) is 5. The van der Waals surface area contributed by atoms with Crippen LogP contribution in [0.5, 0.6) is 5.88 Å². The Bertz CT molecular complexity index is 632. The maximum absolute atomic E-state index is 13.2. The summed E-state index contributed by atoms with van der Waals surface area (Å²) >= 11 is 0. The van der Waals surface area contributed by atoms with Gasteiger partial charge in [0, 0.05) is 24.5 Å². The fourth-order valence-electron chi connectivity index (χ4n) is 1.84. The summed E-state index contributed by atoms with van der Waals surface area (Å²) in [5, 5.41) is 2.68. The molecule has 8 heteroatoms. The van der Waals surface area contributed by atoms with Gasteiger partial charge >= 0.3 is 6.18 Å². The van der Waals surface area contributed by atoms with Crippen LogP contribution in [0.2, 0.25) is 0 Å². The lowest BCUT2D eigenvalue weighted by Crippen LogP contribution is -2.16. The number of nitrogens with zero attached hydrogens (tertiary/aromatic N) is 3. The first-order chi connectivity index (χ1) is 10.5. The number of nitrogens with one attached hydrogen (secondary N) is 1. The van der Waals surface area contributed by atoms with Gasteiger partial charge in [0.25, 0.3) is 0 Å². The summed E-state index contributed by atoms with van der Waals surface area (Å²) in [7, 11) is 1.15. The molecule has 2 aromatic rings. The van der Waals surface area contributed by atoms with Gasteiger partial charge in [0.2, 0.25) is 5.88 Å². The third kappa shape index (κ3) is 3.44. The van der Waals surface area contributed by atoms with E-state index < -0.39 is 17.6 Å². The number of aromatic nitrogens is 3. The molecule has 0 saturated carbocycles. The van der Waals surface area contributed by atoms with Crippen LogP contribution in [-0.4, -0.2) is 28.6 Å². The Morgan fingerprint density at radius 3 is 2.59 bits per heavy atom. The minimum atomic E-state index is -4.62. The lowest BCUT2D eigenvalue weighted by Gasteiger charge is -2.17. The molecule has 0 unspecified atom stereocenters. The number of hydrogen-bond donors (Lipinski definition) is 1. The molecule has 0 amide bonds. The molecule has 0 spiro atoms. The Kier molecular flexibility index (Phi) is 4.79. The predicted octanol–water partition coefficient (Wildman–Crippen LogP) is 3.39. The topological polar surface area (TPSA) is 59.9 Å². The summed E-state index contributed by atoms with van der Waals surface area (Å²) in [4.78, 5) is 11.8. The molecule has 5 nitrogen and oxygen atoms in total. The first kappa shape index (κ1) is 16.0. The van der Waals surface area contributed by atoms with Crippen molar-refractivity contribution in [3.8, 4) is 17.3 Å². The Labute approximate surface area is 125 Å². The lowest BCUT2D eigenvalue weighted by atomic mass is 10.2. The molecule has 0 aliphatic carbocycles. The highest BCUT2D eigenvalue weighted by Crippen LogP contribution is 2.40. The molecule has 1 N–H and O–H groups in total. The van der Waals surface area contributed by atoms with Crippen LogP contribution in [0.25, 0.3) is 11.4 Å². The largest absolute Gasteiger partial charge is 0.480 e. The third-order valence-corrected chi connectivity index (χ3v) is 2.81. The Morgan fingerprint density at radius 1 is 1.27 bits per heavy atom. The zero-order chi connectivity index (χ0) is 16.2. The average Bonchev–Trinajstić information content (AvgIpc) is 2.51. The van der Waals surface area contributed by atoms with Gasteiger partial charge in [-0.2, -0.15) is 18.2 Å². The van der Waals surface area contributed by atoms with Crippen molar-refractivity contribution < 1.29 is 17.9 Å². The molecule has 0 radical (unpaired) electrons. The first-order valence-electron chi connectivity index (χ1n) is 6.64. The summed E-state index contributed by atoms with van der Waals surface area (Å²) in [5.74, 6) is -0.684. The first-order valence-corrected chi connectivity index (χ1v) is 6.64. The van der Waals surface area contributed by atoms with E-state index in [2.05, 4.69) is 20.3 Å². The number of ether oxygens (including phenoxy) is 1. The summed E-state index contributed by atoms with van der Waals surface area (Å²) in [6.07, 6.45) is -0.923. The Hall–Kier alpha value is -2.38. The molecule has 0 aliphatic heterocycles. The minimum absolute atomic E-state index is 0.122. The SMILES string of the molecule is CCCNc1nc(-c2cccnc2)nc(OC)c1C(F)(F)F. The van der Waals surface area contributed by atoms with Gasteiger partial charge < -0.3 is 10.1 Å². The number of anilines is 1. The van der Waals surface area contributed by atoms with E-state index in [0.29, 0.717) is 18.5 Å². The molecular formula is C14H15F3N4O. The number of halogens is 3. The second-order valence-corrected chi connectivity index (χ2v) is 4.45. The van der Waals surface area contributed by atoms with Crippen molar-refractivity contribution >= 4 is 5.82 Å². The van der Waals surface area contributed by atoms with Crippen molar-refractivity contribution in [1.29, 1.82) is 0 Å². The van der Waals surface area contributed by atoms with E-state index in [9.17, 15) is 13.2 Å². The Morgan fingerprint density at radius 2 is 2.05 bits per heavy atom. The van der Waals surface area contributed by atoms with Crippen molar-refractivity contribution in [3.05, 3.63) is 30.1 Å². The zero-order valence-corrected chi connectivity index (χ0v) is 12.1. The number of rotatable bonds is 5. The molecule has 0 fully saturated rings.